The molecule has 5 heteroatoms. The molecule has 5 nitrogen and oxygen atoms in total. The topological polar surface area (TPSA) is 51.9 Å². The van der Waals surface area contributed by atoms with E-state index in [4.69, 9.17) is 16.0 Å². The first kappa shape index (κ1) is 9.04. The van der Waals surface area contributed by atoms with Gasteiger partial charge in [-0.25, -0.2) is 9.64 Å². The zero-order valence-electron chi connectivity index (χ0n) is 8.32. The summed E-state index contributed by atoms with van der Waals surface area (Å²) in [5.74, 6) is 0.652. The van der Waals surface area contributed by atoms with E-state index in [-0.39, 0.29) is 6.61 Å². The van der Waals surface area contributed by atoms with Gasteiger partial charge in [0.25, 0.3) is 0 Å². The van der Waals surface area contributed by atoms with Gasteiger partial charge in [0, 0.05) is 5.56 Å². The fourth-order valence-electron chi connectivity index (χ4n) is 2.05. The van der Waals surface area contributed by atoms with Crippen molar-refractivity contribution in [1.29, 1.82) is 0 Å². The van der Waals surface area contributed by atoms with Crippen LogP contribution >= 0.6 is 0 Å². The van der Waals surface area contributed by atoms with Gasteiger partial charge in [-0.2, -0.15) is 0 Å². The average molecular weight is 216 g/mol. The number of hydrogen-bond donors (Lipinski definition) is 1. The summed E-state index contributed by atoms with van der Waals surface area (Å²) in [4.78, 5) is 14.4. The van der Waals surface area contributed by atoms with Gasteiger partial charge in [0.2, 0.25) is 0 Å². The van der Waals surface area contributed by atoms with Gasteiger partial charge in [-0.15, -0.1) is 0 Å². The molecule has 1 N–H and O–H groups in total. The normalized spacial score (nSPS) is 25.6. The lowest BCUT2D eigenvalue weighted by Crippen LogP contribution is -2.41. The number of nitrogens with one attached hydrogen (secondary N) is 1. The number of fused-ring (bicyclic) bond motifs is 2. The largest absolute Gasteiger partial charge is 0.492 e. The molecule has 2 aliphatic heterocycles. The van der Waals surface area contributed by atoms with E-state index in [1.807, 2.05) is 6.07 Å². The first-order valence-corrected chi connectivity index (χ1v) is 4.83. The molecule has 0 radical (unpaired) electrons. The first-order chi connectivity index (χ1) is 7.73. The summed E-state index contributed by atoms with van der Waals surface area (Å²) in [6.45, 7) is 7.55. The Morgan fingerprint density at radius 2 is 2.19 bits per heavy atom. The molecule has 1 amide bonds. The predicted octanol–water partition coefficient (Wildman–Crippen LogP) is 1.56. The Labute approximate surface area is 91.8 Å². The predicted molar refractivity (Wildman–Crippen MR) is 54.4 cm³/mol. The number of amides is 1. The van der Waals surface area contributed by atoms with Crippen LogP contribution in [-0.4, -0.2) is 19.3 Å². The van der Waals surface area contributed by atoms with Gasteiger partial charge in [0.15, 0.2) is 5.69 Å². The van der Waals surface area contributed by atoms with Crippen molar-refractivity contribution in [2.75, 3.05) is 13.2 Å². The van der Waals surface area contributed by atoms with E-state index in [0.717, 1.165) is 5.56 Å². The van der Waals surface area contributed by atoms with Crippen LogP contribution in [-0.2, 0) is 10.3 Å². The van der Waals surface area contributed by atoms with Crippen LogP contribution in [0.3, 0.4) is 0 Å². The lowest BCUT2D eigenvalue weighted by atomic mass is 9.94. The van der Waals surface area contributed by atoms with Crippen LogP contribution in [0.4, 0.5) is 10.5 Å². The first-order valence-electron chi connectivity index (χ1n) is 4.83. The molecule has 1 fully saturated rings. The van der Waals surface area contributed by atoms with Gasteiger partial charge in [-0.05, 0) is 6.07 Å². The van der Waals surface area contributed by atoms with Crippen LogP contribution in [0.5, 0.6) is 5.75 Å². The number of carbonyl (C=O) groups excluding carboxylic acids is 1. The standard InChI is InChI=1S/C11H8N2O3/c1-12-7-2-3-8-9(4-7)15-5-11(8)6-16-10(14)13-11/h2-4H,5-6H2,(H,13,14). The molecule has 2 aliphatic rings. The van der Waals surface area contributed by atoms with Crippen molar-refractivity contribution >= 4 is 11.8 Å². The van der Waals surface area contributed by atoms with E-state index in [0.29, 0.717) is 18.0 Å². The van der Waals surface area contributed by atoms with Gasteiger partial charge in [-0.3, -0.25) is 0 Å². The molecule has 1 aromatic carbocycles. The summed E-state index contributed by atoms with van der Waals surface area (Å²) in [6.07, 6.45) is -0.425. The quantitative estimate of drug-likeness (QED) is 0.669. The molecule has 16 heavy (non-hydrogen) atoms. The Morgan fingerprint density at radius 1 is 1.38 bits per heavy atom. The molecule has 0 saturated carbocycles. The second kappa shape index (κ2) is 2.89. The molecule has 1 aromatic rings. The molecular weight excluding hydrogens is 208 g/mol. The second-order valence-electron chi connectivity index (χ2n) is 3.86. The lowest BCUT2D eigenvalue weighted by molar-refractivity contribution is 0.167. The number of nitrogens with zero attached hydrogens (tertiary/aromatic N) is 1. The van der Waals surface area contributed by atoms with Gasteiger partial charge in [0.1, 0.15) is 24.5 Å². The number of rotatable bonds is 0. The molecule has 1 spiro atoms. The van der Waals surface area contributed by atoms with Crippen molar-refractivity contribution in [3.05, 3.63) is 35.2 Å². The summed E-state index contributed by atoms with van der Waals surface area (Å²) >= 11 is 0. The number of benzene rings is 1. The number of alkyl carbamates (subject to hydrolysis) is 1. The average Bonchev–Trinajstić information content (AvgIpc) is 2.85. The number of hydrogen-bond acceptors (Lipinski definition) is 3. The van der Waals surface area contributed by atoms with E-state index in [9.17, 15) is 4.79 Å². The Bertz CT molecular complexity index is 520. The highest BCUT2D eigenvalue weighted by atomic mass is 16.6. The monoisotopic (exact) mass is 216 g/mol. The zero-order valence-corrected chi connectivity index (χ0v) is 8.32. The fourth-order valence-corrected chi connectivity index (χ4v) is 2.05. The lowest BCUT2D eigenvalue weighted by Gasteiger charge is -2.17. The highest BCUT2D eigenvalue weighted by Gasteiger charge is 2.47. The summed E-state index contributed by atoms with van der Waals surface area (Å²) in [5.41, 5.74) is 0.847. The van der Waals surface area contributed by atoms with Crippen molar-refractivity contribution in [3.63, 3.8) is 0 Å². The SMILES string of the molecule is [C-]#[N+]c1ccc2c(c1)OCC21COC(=O)N1. The van der Waals surface area contributed by atoms with Crippen LogP contribution in [0, 0.1) is 6.57 Å². The maximum Gasteiger partial charge on any atom is 0.408 e. The van der Waals surface area contributed by atoms with Gasteiger partial charge in [-0.1, -0.05) is 12.1 Å². The molecule has 3 rings (SSSR count). The highest BCUT2D eigenvalue weighted by Crippen LogP contribution is 2.41. The molecule has 0 aliphatic carbocycles. The van der Waals surface area contributed by atoms with Crippen molar-refractivity contribution in [2.24, 2.45) is 0 Å². The second-order valence-corrected chi connectivity index (χ2v) is 3.86. The van der Waals surface area contributed by atoms with Gasteiger partial charge < -0.3 is 14.8 Å². The Kier molecular flexibility index (Phi) is 1.63. The zero-order chi connectivity index (χ0) is 11.2. The Morgan fingerprint density at radius 3 is 2.88 bits per heavy atom. The maximum absolute atomic E-state index is 11.1. The highest BCUT2D eigenvalue weighted by molar-refractivity contribution is 5.73. The minimum Gasteiger partial charge on any atom is -0.492 e. The molecular formula is C11H8N2O3. The smallest absolute Gasteiger partial charge is 0.408 e. The van der Waals surface area contributed by atoms with Crippen LogP contribution in [0.15, 0.2) is 18.2 Å². The minimum atomic E-state index is -0.563. The minimum absolute atomic E-state index is 0.274. The molecule has 2 heterocycles. The number of ether oxygens (including phenoxy) is 2. The summed E-state index contributed by atoms with van der Waals surface area (Å²) in [6, 6.07) is 5.21. The van der Waals surface area contributed by atoms with E-state index in [2.05, 4.69) is 10.2 Å². The Hall–Kier alpha value is -2.22. The van der Waals surface area contributed by atoms with Crippen LogP contribution < -0.4 is 10.1 Å². The third-order valence-electron chi connectivity index (χ3n) is 2.87. The molecule has 0 bridgehead atoms. The van der Waals surface area contributed by atoms with E-state index in [1.165, 1.54) is 0 Å². The van der Waals surface area contributed by atoms with Crippen LogP contribution in [0.25, 0.3) is 4.85 Å². The Balaban J connectivity index is 2.07. The van der Waals surface area contributed by atoms with Crippen molar-refractivity contribution in [2.45, 2.75) is 5.54 Å². The summed E-state index contributed by atoms with van der Waals surface area (Å²) in [5, 5.41) is 2.76. The molecule has 0 aromatic heterocycles. The summed E-state index contributed by atoms with van der Waals surface area (Å²) in [7, 11) is 0. The van der Waals surface area contributed by atoms with Crippen molar-refractivity contribution < 1.29 is 14.3 Å². The van der Waals surface area contributed by atoms with Crippen LogP contribution in [0.1, 0.15) is 5.56 Å². The fraction of sp³-hybridized carbons (Fsp3) is 0.273. The number of carbonyl (C=O) groups is 1. The molecule has 1 atom stereocenters. The molecule has 1 unspecified atom stereocenters. The third kappa shape index (κ3) is 1.07. The van der Waals surface area contributed by atoms with Crippen LogP contribution in [0.2, 0.25) is 0 Å². The van der Waals surface area contributed by atoms with Crippen molar-refractivity contribution in [1.82, 2.24) is 5.32 Å². The molecule has 80 valence electrons. The van der Waals surface area contributed by atoms with E-state index < -0.39 is 11.6 Å². The molecule has 1 saturated heterocycles. The van der Waals surface area contributed by atoms with E-state index >= 15 is 0 Å². The van der Waals surface area contributed by atoms with E-state index in [1.54, 1.807) is 12.1 Å². The van der Waals surface area contributed by atoms with Gasteiger partial charge >= 0.3 is 6.09 Å². The summed E-state index contributed by atoms with van der Waals surface area (Å²) < 4.78 is 10.4. The van der Waals surface area contributed by atoms with Crippen molar-refractivity contribution in [3.8, 4) is 5.75 Å². The number of cyclic esters (lactones) is 1. The van der Waals surface area contributed by atoms with Gasteiger partial charge in [0.05, 0.1) is 6.57 Å². The third-order valence-corrected chi connectivity index (χ3v) is 2.87. The maximum atomic E-state index is 11.1.